The molecule has 1 aliphatic heterocycles. The average molecular weight is 295 g/mol. The van der Waals surface area contributed by atoms with E-state index in [0.717, 1.165) is 11.0 Å². The van der Waals surface area contributed by atoms with E-state index in [1.807, 2.05) is 0 Å². The van der Waals surface area contributed by atoms with Crippen LogP contribution in [0.2, 0.25) is 0 Å². The first-order valence-electron chi connectivity index (χ1n) is 5.93. The third-order valence-corrected chi connectivity index (χ3v) is 2.82. The maximum absolute atomic E-state index is 11.9. The lowest BCUT2D eigenvalue weighted by Crippen LogP contribution is -2.41. The maximum Gasteiger partial charge on any atom is 0.353 e. The van der Waals surface area contributed by atoms with E-state index in [9.17, 15) is 19.2 Å². The fraction of sp³-hybridized carbons (Fsp3) is 0.364. The van der Waals surface area contributed by atoms with Crippen LogP contribution in [0.4, 0.5) is 10.6 Å². The number of amides is 4. The summed E-state index contributed by atoms with van der Waals surface area (Å²) in [5, 5.41) is 19.2. The molecule has 0 aliphatic carbocycles. The molecule has 2 heterocycles. The Morgan fingerprint density at radius 3 is 2.57 bits per heavy atom. The first-order chi connectivity index (χ1) is 9.70. The van der Waals surface area contributed by atoms with Crippen LogP contribution in [0.25, 0.3) is 0 Å². The zero-order valence-corrected chi connectivity index (χ0v) is 11.3. The van der Waals surface area contributed by atoms with E-state index in [-0.39, 0.29) is 11.5 Å². The van der Waals surface area contributed by atoms with E-state index >= 15 is 0 Å². The molecule has 0 radical (unpaired) electrons. The summed E-state index contributed by atoms with van der Waals surface area (Å²) in [7, 11) is 0. The number of carbonyl (C=O) groups is 4. The monoisotopic (exact) mass is 295 g/mol. The molecule has 0 bridgehead atoms. The van der Waals surface area contributed by atoms with Crippen LogP contribution >= 0.6 is 0 Å². The number of carboxylic acids is 1. The number of hydrogen-bond donors (Lipinski definition) is 4. The summed E-state index contributed by atoms with van der Waals surface area (Å²) in [4.78, 5) is 46.7. The molecule has 0 unspecified atom stereocenters. The standard InChI is InChI=1S/C11H13N5O5/c1-11(2)9(20)16(10(21)13-11)4-7(17)12-6-3-5(8(18)19)14-15-6/h3H,4H2,1-2H3,(H,13,21)(H,18,19)(H2,12,14,15,17). The van der Waals surface area contributed by atoms with Crippen LogP contribution in [0.1, 0.15) is 24.3 Å². The van der Waals surface area contributed by atoms with Crippen molar-refractivity contribution in [1.82, 2.24) is 20.4 Å². The molecule has 0 saturated carbocycles. The number of rotatable bonds is 4. The van der Waals surface area contributed by atoms with E-state index in [1.54, 1.807) is 0 Å². The number of carbonyl (C=O) groups excluding carboxylic acids is 3. The number of urea groups is 1. The molecule has 112 valence electrons. The van der Waals surface area contributed by atoms with Crippen LogP contribution in [0.15, 0.2) is 6.07 Å². The van der Waals surface area contributed by atoms with Crippen molar-refractivity contribution < 1.29 is 24.3 Å². The average Bonchev–Trinajstić information content (AvgIpc) is 2.89. The van der Waals surface area contributed by atoms with Crippen LogP contribution in [-0.2, 0) is 9.59 Å². The predicted octanol–water partition coefficient (Wildman–Crippen LogP) is -0.623. The van der Waals surface area contributed by atoms with Gasteiger partial charge in [0, 0.05) is 6.07 Å². The third-order valence-electron chi connectivity index (χ3n) is 2.82. The van der Waals surface area contributed by atoms with Crippen molar-refractivity contribution in [3.63, 3.8) is 0 Å². The van der Waals surface area contributed by atoms with Gasteiger partial charge in [-0.25, -0.2) is 9.59 Å². The van der Waals surface area contributed by atoms with Crippen molar-refractivity contribution in [2.75, 3.05) is 11.9 Å². The third kappa shape index (κ3) is 2.83. The molecule has 4 N–H and O–H groups in total. The minimum absolute atomic E-state index is 0.0104. The summed E-state index contributed by atoms with van der Waals surface area (Å²) in [6, 6.07) is 0.462. The summed E-state index contributed by atoms with van der Waals surface area (Å²) in [5.74, 6) is -2.42. The number of aromatic carboxylic acids is 1. The Bertz CT molecular complexity index is 635. The minimum atomic E-state index is -1.22. The van der Waals surface area contributed by atoms with Crippen molar-refractivity contribution in [2.45, 2.75) is 19.4 Å². The fourth-order valence-electron chi connectivity index (χ4n) is 1.78. The Labute approximate surface area is 118 Å². The van der Waals surface area contributed by atoms with Gasteiger partial charge in [0.05, 0.1) is 0 Å². The van der Waals surface area contributed by atoms with E-state index in [1.165, 1.54) is 13.8 Å². The van der Waals surface area contributed by atoms with Gasteiger partial charge in [-0.1, -0.05) is 0 Å². The first-order valence-corrected chi connectivity index (χ1v) is 5.93. The van der Waals surface area contributed by atoms with E-state index in [4.69, 9.17) is 5.11 Å². The Morgan fingerprint density at radius 2 is 2.10 bits per heavy atom. The lowest BCUT2D eigenvalue weighted by atomic mass is 10.1. The molecule has 1 saturated heterocycles. The zero-order chi connectivity index (χ0) is 15.8. The summed E-state index contributed by atoms with van der Waals surface area (Å²) < 4.78 is 0. The van der Waals surface area contributed by atoms with Gasteiger partial charge in [0.25, 0.3) is 5.91 Å². The molecule has 10 nitrogen and oxygen atoms in total. The molecule has 0 aromatic carbocycles. The van der Waals surface area contributed by atoms with Crippen molar-refractivity contribution in [2.24, 2.45) is 0 Å². The molecule has 21 heavy (non-hydrogen) atoms. The highest BCUT2D eigenvalue weighted by Crippen LogP contribution is 2.16. The molecule has 1 fully saturated rings. The number of hydrogen-bond acceptors (Lipinski definition) is 5. The van der Waals surface area contributed by atoms with Crippen LogP contribution in [0, 0.1) is 0 Å². The van der Waals surface area contributed by atoms with Gasteiger partial charge in [0.15, 0.2) is 5.82 Å². The van der Waals surface area contributed by atoms with Gasteiger partial charge in [-0.05, 0) is 13.8 Å². The Balaban J connectivity index is 2.00. The minimum Gasteiger partial charge on any atom is -0.477 e. The van der Waals surface area contributed by atoms with Gasteiger partial charge in [0.1, 0.15) is 17.8 Å². The number of anilines is 1. The van der Waals surface area contributed by atoms with Gasteiger partial charge >= 0.3 is 12.0 Å². The largest absolute Gasteiger partial charge is 0.477 e. The van der Waals surface area contributed by atoms with E-state index in [2.05, 4.69) is 20.8 Å². The van der Waals surface area contributed by atoms with Crippen molar-refractivity contribution >= 4 is 29.6 Å². The Hall–Kier alpha value is -2.91. The Morgan fingerprint density at radius 1 is 1.43 bits per heavy atom. The zero-order valence-electron chi connectivity index (χ0n) is 11.3. The molecule has 1 aliphatic rings. The SMILES string of the molecule is CC1(C)NC(=O)N(CC(=O)Nc2cc(C(=O)O)[nH]n2)C1=O. The Kier molecular flexibility index (Phi) is 3.37. The summed E-state index contributed by atoms with van der Waals surface area (Å²) in [5.41, 5.74) is -1.25. The van der Waals surface area contributed by atoms with Crippen molar-refractivity contribution in [1.29, 1.82) is 0 Å². The quantitative estimate of drug-likeness (QED) is 0.545. The van der Waals surface area contributed by atoms with Crippen molar-refractivity contribution in [3.8, 4) is 0 Å². The normalized spacial score (nSPS) is 16.8. The van der Waals surface area contributed by atoms with Gasteiger partial charge in [-0.2, -0.15) is 5.10 Å². The first kappa shape index (κ1) is 14.5. The summed E-state index contributed by atoms with van der Waals surface area (Å²) >= 11 is 0. The van der Waals surface area contributed by atoms with E-state index in [0.29, 0.717) is 0 Å². The summed E-state index contributed by atoms with van der Waals surface area (Å²) in [6.45, 7) is 2.57. The fourth-order valence-corrected chi connectivity index (χ4v) is 1.78. The van der Waals surface area contributed by atoms with Crippen LogP contribution < -0.4 is 10.6 Å². The second-order valence-electron chi connectivity index (χ2n) is 4.97. The summed E-state index contributed by atoms with van der Waals surface area (Å²) in [6.07, 6.45) is 0. The van der Waals surface area contributed by atoms with Crippen LogP contribution in [0.5, 0.6) is 0 Å². The topological polar surface area (TPSA) is 144 Å². The number of nitrogens with zero attached hydrogens (tertiary/aromatic N) is 2. The second kappa shape index (κ2) is 4.89. The molecular weight excluding hydrogens is 282 g/mol. The molecule has 10 heteroatoms. The highest BCUT2D eigenvalue weighted by atomic mass is 16.4. The van der Waals surface area contributed by atoms with E-state index < -0.39 is 35.9 Å². The highest BCUT2D eigenvalue weighted by molar-refractivity contribution is 6.09. The number of aromatic amines is 1. The highest BCUT2D eigenvalue weighted by Gasteiger charge is 2.44. The molecule has 0 spiro atoms. The number of imide groups is 1. The van der Waals surface area contributed by atoms with Crippen LogP contribution in [-0.4, -0.2) is 56.1 Å². The lowest BCUT2D eigenvalue weighted by molar-refractivity contribution is -0.132. The number of carboxylic acid groups (broad SMARTS) is 1. The van der Waals surface area contributed by atoms with Gasteiger partial charge < -0.3 is 15.7 Å². The second-order valence-corrected chi connectivity index (χ2v) is 4.97. The number of H-pyrrole nitrogens is 1. The van der Waals surface area contributed by atoms with Crippen LogP contribution in [0.3, 0.4) is 0 Å². The molecular formula is C11H13N5O5. The smallest absolute Gasteiger partial charge is 0.353 e. The van der Waals surface area contributed by atoms with Gasteiger partial charge in [-0.15, -0.1) is 0 Å². The molecule has 1 aromatic rings. The predicted molar refractivity (Wildman–Crippen MR) is 68.5 cm³/mol. The van der Waals surface area contributed by atoms with Crippen molar-refractivity contribution in [3.05, 3.63) is 11.8 Å². The number of nitrogens with one attached hydrogen (secondary N) is 3. The van der Waals surface area contributed by atoms with Gasteiger partial charge in [0.2, 0.25) is 5.91 Å². The molecule has 4 amide bonds. The molecule has 0 atom stereocenters. The number of aromatic nitrogens is 2. The molecule has 1 aromatic heterocycles. The maximum atomic E-state index is 11.9. The van der Waals surface area contributed by atoms with Gasteiger partial charge in [-0.3, -0.25) is 19.6 Å². The molecule has 2 rings (SSSR count). The lowest BCUT2D eigenvalue weighted by Gasteiger charge is -2.15.